The van der Waals surface area contributed by atoms with E-state index in [2.05, 4.69) is 28.2 Å². The van der Waals surface area contributed by atoms with Crippen molar-refractivity contribution < 1.29 is 23.5 Å². The Kier molecular flexibility index (Phi) is 9.94. The molecule has 0 unspecified atom stereocenters. The van der Waals surface area contributed by atoms with Gasteiger partial charge < -0.3 is 19.2 Å². The van der Waals surface area contributed by atoms with Gasteiger partial charge in [0.1, 0.15) is 11.3 Å². The van der Waals surface area contributed by atoms with E-state index in [1.54, 1.807) is 49.6 Å². The van der Waals surface area contributed by atoms with Crippen LogP contribution in [0.25, 0.3) is 11.0 Å². The molecule has 0 saturated carbocycles. The molecule has 1 N–H and O–H groups in total. The van der Waals surface area contributed by atoms with Crippen LogP contribution < -0.4 is 14.8 Å². The van der Waals surface area contributed by atoms with Crippen LogP contribution in [0.1, 0.15) is 65.5 Å². The molecule has 0 aliphatic rings. The molecule has 4 rings (SSSR count). The van der Waals surface area contributed by atoms with Gasteiger partial charge in [0, 0.05) is 16.5 Å². The summed E-state index contributed by atoms with van der Waals surface area (Å²) in [7, 11) is 1.54. The zero-order chi connectivity index (χ0) is 27.9. The van der Waals surface area contributed by atoms with Crippen molar-refractivity contribution in [2.24, 2.45) is 0 Å². The number of nitrogens with one attached hydrogen (secondary N) is 1. The van der Waals surface area contributed by atoms with Crippen LogP contribution >= 0.6 is 39.1 Å². The first-order chi connectivity index (χ1) is 18.8. The molecule has 204 valence electrons. The van der Waals surface area contributed by atoms with Crippen LogP contribution in [0.4, 0.5) is 5.69 Å². The van der Waals surface area contributed by atoms with Crippen molar-refractivity contribution in [1.29, 1.82) is 0 Å². The molecule has 0 fully saturated rings. The number of halogens is 3. The number of ether oxygens (including phenoxy) is 2. The van der Waals surface area contributed by atoms with Crippen LogP contribution in [0.5, 0.6) is 11.5 Å². The number of anilines is 1. The molecule has 1 amide bonds. The van der Waals surface area contributed by atoms with Crippen LogP contribution in [0.15, 0.2) is 63.5 Å². The van der Waals surface area contributed by atoms with Crippen LogP contribution in [0.3, 0.4) is 0 Å². The van der Waals surface area contributed by atoms with E-state index in [1.807, 2.05) is 0 Å². The standard InChI is InChI=1S/C30H28BrCl2NO5/c1-3-4-5-6-9-14-38-28-22(32)16-19(17-23(28)33)30(36)34-26-20-10-7-8-11-24(20)39-29(26)27(35)18-12-13-25(37-2)21(31)15-18/h7-8,10-13,15-17H,3-6,9,14H2,1-2H3,(H,34,36). The molecular weight excluding hydrogens is 605 g/mol. The summed E-state index contributed by atoms with van der Waals surface area (Å²) in [5.74, 6) is 0.0364. The Morgan fingerprint density at radius 2 is 1.67 bits per heavy atom. The Labute approximate surface area is 245 Å². The van der Waals surface area contributed by atoms with E-state index in [9.17, 15) is 9.59 Å². The Morgan fingerprint density at radius 3 is 2.36 bits per heavy atom. The molecule has 1 aromatic heterocycles. The smallest absolute Gasteiger partial charge is 0.255 e. The highest BCUT2D eigenvalue weighted by atomic mass is 79.9. The zero-order valence-electron chi connectivity index (χ0n) is 21.6. The van der Waals surface area contributed by atoms with E-state index in [-0.39, 0.29) is 27.1 Å². The topological polar surface area (TPSA) is 77.8 Å². The summed E-state index contributed by atoms with van der Waals surface area (Å²) in [4.78, 5) is 26.8. The molecule has 4 aromatic rings. The Balaban J connectivity index is 1.58. The van der Waals surface area contributed by atoms with Crippen LogP contribution in [-0.4, -0.2) is 25.4 Å². The number of rotatable bonds is 12. The van der Waals surface area contributed by atoms with Gasteiger partial charge >= 0.3 is 0 Å². The summed E-state index contributed by atoms with van der Waals surface area (Å²) in [5, 5.41) is 3.89. The monoisotopic (exact) mass is 631 g/mol. The van der Waals surface area contributed by atoms with Gasteiger partial charge in [-0.1, -0.05) is 67.9 Å². The van der Waals surface area contributed by atoms with Crippen molar-refractivity contribution in [2.45, 2.75) is 39.0 Å². The summed E-state index contributed by atoms with van der Waals surface area (Å²) in [6.45, 7) is 2.66. The third-order valence-corrected chi connectivity index (χ3v) is 7.39. The minimum atomic E-state index is -0.499. The third kappa shape index (κ3) is 6.78. The number of carbonyl (C=O) groups excluding carboxylic acids is 2. The molecule has 9 heteroatoms. The molecular formula is C30H28BrCl2NO5. The van der Waals surface area contributed by atoms with Gasteiger partial charge in [0.15, 0.2) is 11.5 Å². The lowest BCUT2D eigenvalue weighted by atomic mass is 10.1. The molecule has 0 atom stereocenters. The summed E-state index contributed by atoms with van der Waals surface area (Å²) in [6, 6.07) is 15.0. The number of furan rings is 1. The fraction of sp³-hybridized carbons (Fsp3) is 0.267. The van der Waals surface area contributed by atoms with Gasteiger partial charge in [-0.3, -0.25) is 9.59 Å². The Bertz CT molecular complexity index is 1480. The number of hydrogen-bond acceptors (Lipinski definition) is 5. The minimum absolute atomic E-state index is 0.00170. The van der Waals surface area contributed by atoms with E-state index in [0.29, 0.717) is 39.1 Å². The lowest BCUT2D eigenvalue weighted by Gasteiger charge is -2.12. The van der Waals surface area contributed by atoms with E-state index in [1.165, 1.54) is 25.0 Å². The average Bonchev–Trinajstić information content (AvgIpc) is 3.29. The van der Waals surface area contributed by atoms with Crippen molar-refractivity contribution in [1.82, 2.24) is 0 Å². The van der Waals surface area contributed by atoms with Gasteiger partial charge in [0.05, 0.1) is 33.9 Å². The highest BCUT2D eigenvalue weighted by Crippen LogP contribution is 2.37. The van der Waals surface area contributed by atoms with E-state index < -0.39 is 11.7 Å². The fourth-order valence-corrected chi connectivity index (χ4v) is 5.30. The number of unbranched alkanes of at least 4 members (excludes halogenated alkanes) is 4. The number of ketones is 1. The van der Waals surface area contributed by atoms with E-state index in [0.717, 1.165) is 19.3 Å². The van der Waals surface area contributed by atoms with Crippen LogP contribution in [-0.2, 0) is 0 Å². The predicted molar refractivity (Wildman–Crippen MR) is 159 cm³/mol. The second-order valence-electron chi connectivity index (χ2n) is 8.97. The van der Waals surface area contributed by atoms with E-state index in [4.69, 9.17) is 37.1 Å². The first-order valence-corrected chi connectivity index (χ1v) is 14.2. The molecule has 0 aliphatic carbocycles. The fourth-order valence-electron chi connectivity index (χ4n) is 4.16. The second kappa shape index (κ2) is 13.4. The van der Waals surface area contributed by atoms with Gasteiger partial charge in [0.2, 0.25) is 5.78 Å². The number of hydrogen-bond donors (Lipinski definition) is 1. The molecule has 1 heterocycles. The first-order valence-electron chi connectivity index (χ1n) is 12.7. The number of methoxy groups -OCH3 is 1. The van der Waals surface area contributed by atoms with Gasteiger partial charge in [-0.15, -0.1) is 0 Å². The maximum Gasteiger partial charge on any atom is 0.255 e. The zero-order valence-corrected chi connectivity index (χ0v) is 24.7. The SMILES string of the molecule is CCCCCCCOc1c(Cl)cc(C(=O)Nc2c(C(=O)c3ccc(OC)c(Br)c3)oc3ccccc23)cc1Cl. The highest BCUT2D eigenvalue weighted by molar-refractivity contribution is 9.10. The van der Waals surface area contributed by atoms with E-state index >= 15 is 0 Å². The Hall–Kier alpha value is -3.00. The lowest BCUT2D eigenvalue weighted by molar-refractivity contribution is 0.101. The molecule has 0 aliphatic heterocycles. The molecule has 0 radical (unpaired) electrons. The van der Waals surface area contributed by atoms with Crippen molar-refractivity contribution >= 4 is 67.5 Å². The van der Waals surface area contributed by atoms with Gasteiger partial charge in [0.25, 0.3) is 5.91 Å². The second-order valence-corrected chi connectivity index (χ2v) is 10.6. The average molecular weight is 633 g/mol. The lowest BCUT2D eigenvalue weighted by Crippen LogP contribution is -2.14. The molecule has 39 heavy (non-hydrogen) atoms. The number of carbonyl (C=O) groups is 2. The number of fused-ring (bicyclic) bond motifs is 1. The maximum absolute atomic E-state index is 13.5. The first kappa shape index (κ1) is 29.0. The largest absolute Gasteiger partial charge is 0.496 e. The van der Waals surface area contributed by atoms with Crippen molar-refractivity contribution in [2.75, 3.05) is 19.0 Å². The third-order valence-electron chi connectivity index (χ3n) is 6.21. The summed E-state index contributed by atoms with van der Waals surface area (Å²) >= 11 is 16.3. The predicted octanol–water partition coefficient (Wildman–Crippen LogP) is 9.34. The van der Waals surface area contributed by atoms with Crippen molar-refractivity contribution in [3.8, 4) is 11.5 Å². The summed E-state index contributed by atoms with van der Waals surface area (Å²) in [6.07, 6.45) is 5.48. The number of benzene rings is 3. The van der Waals surface area contributed by atoms with Crippen LogP contribution in [0, 0.1) is 0 Å². The molecule has 0 saturated heterocycles. The molecule has 0 bridgehead atoms. The number of amides is 1. The van der Waals surface area contributed by atoms with Gasteiger partial charge in [-0.05, 0) is 64.8 Å². The molecule has 0 spiro atoms. The maximum atomic E-state index is 13.5. The number of para-hydroxylation sites is 1. The minimum Gasteiger partial charge on any atom is -0.496 e. The van der Waals surface area contributed by atoms with Gasteiger partial charge in [-0.2, -0.15) is 0 Å². The van der Waals surface area contributed by atoms with Crippen LogP contribution in [0.2, 0.25) is 10.0 Å². The van der Waals surface area contributed by atoms with Gasteiger partial charge in [-0.25, -0.2) is 0 Å². The summed E-state index contributed by atoms with van der Waals surface area (Å²) < 4.78 is 17.6. The van der Waals surface area contributed by atoms with Crippen molar-refractivity contribution in [3.63, 3.8) is 0 Å². The highest BCUT2D eigenvalue weighted by Gasteiger charge is 2.25. The van der Waals surface area contributed by atoms with Crippen molar-refractivity contribution in [3.05, 3.63) is 86.0 Å². The summed E-state index contributed by atoms with van der Waals surface area (Å²) in [5.41, 5.74) is 1.30. The molecule has 3 aromatic carbocycles. The molecule has 6 nitrogen and oxygen atoms in total. The normalized spacial score (nSPS) is 11.0. The Morgan fingerprint density at radius 1 is 0.949 bits per heavy atom. The quantitative estimate of drug-likeness (QED) is 0.124.